The first-order valence-electron chi connectivity index (χ1n) is 5.90. The van der Waals surface area contributed by atoms with Crippen LogP contribution in [0.3, 0.4) is 0 Å². The number of furan rings is 1. The van der Waals surface area contributed by atoms with Crippen LogP contribution in [0.2, 0.25) is 0 Å². The van der Waals surface area contributed by atoms with Gasteiger partial charge >= 0.3 is 0 Å². The van der Waals surface area contributed by atoms with Gasteiger partial charge < -0.3 is 9.73 Å². The summed E-state index contributed by atoms with van der Waals surface area (Å²) in [5.74, 6) is 0. The van der Waals surface area contributed by atoms with Gasteiger partial charge in [0, 0.05) is 5.56 Å². The van der Waals surface area contributed by atoms with Crippen LogP contribution in [-0.4, -0.2) is 7.05 Å². The molecule has 2 heteroatoms. The molecular formula is C15H19NO. The summed E-state index contributed by atoms with van der Waals surface area (Å²) in [5, 5.41) is 3.36. The summed E-state index contributed by atoms with van der Waals surface area (Å²) in [5.41, 5.74) is 6.47. The summed E-state index contributed by atoms with van der Waals surface area (Å²) in [4.78, 5) is 0. The minimum Gasteiger partial charge on any atom is -0.472 e. The van der Waals surface area contributed by atoms with E-state index in [1.807, 2.05) is 13.1 Å². The van der Waals surface area contributed by atoms with E-state index >= 15 is 0 Å². The molecule has 0 fully saturated rings. The van der Waals surface area contributed by atoms with Crippen molar-refractivity contribution in [3.8, 4) is 0 Å². The highest BCUT2D eigenvalue weighted by atomic mass is 16.3. The topological polar surface area (TPSA) is 25.2 Å². The van der Waals surface area contributed by atoms with E-state index in [0.29, 0.717) is 0 Å². The highest BCUT2D eigenvalue weighted by Gasteiger charge is 2.17. The van der Waals surface area contributed by atoms with Crippen LogP contribution in [-0.2, 0) is 0 Å². The molecular weight excluding hydrogens is 210 g/mol. The zero-order valence-corrected chi connectivity index (χ0v) is 10.9. The van der Waals surface area contributed by atoms with Crippen molar-refractivity contribution in [1.29, 1.82) is 0 Å². The van der Waals surface area contributed by atoms with E-state index in [0.717, 1.165) is 0 Å². The molecule has 0 bridgehead atoms. The average Bonchev–Trinajstić information content (AvgIpc) is 2.76. The van der Waals surface area contributed by atoms with Crippen molar-refractivity contribution >= 4 is 0 Å². The van der Waals surface area contributed by atoms with Crippen molar-refractivity contribution in [3.05, 3.63) is 58.5 Å². The summed E-state index contributed by atoms with van der Waals surface area (Å²) in [6, 6.07) is 6.67. The lowest BCUT2D eigenvalue weighted by molar-refractivity contribution is 0.557. The predicted octanol–water partition coefficient (Wildman–Crippen LogP) is 3.51. The van der Waals surface area contributed by atoms with Gasteiger partial charge in [0.1, 0.15) is 0 Å². The Morgan fingerprint density at radius 3 is 2.24 bits per heavy atom. The Morgan fingerprint density at radius 1 is 1.12 bits per heavy atom. The molecule has 1 heterocycles. The van der Waals surface area contributed by atoms with E-state index in [4.69, 9.17) is 4.42 Å². The Labute approximate surface area is 103 Å². The summed E-state index contributed by atoms with van der Waals surface area (Å²) in [6.45, 7) is 6.47. The van der Waals surface area contributed by atoms with Gasteiger partial charge in [0.2, 0.25) is 0 Å². The van der Waals surface area contributed by atoms with Gasteiger partial charge in [0.05, 0.1) is 18.6 Å². The van der Waals surface area contributed by atoms with Crippen LogP contribution in [0.25, 0.3) is 0 Å². The lowest BCUT2D eigenvalue weighted by Crippen LogP contribution is -2.19. The highest BCUT2D eigenvalue weighted by Crippen LogP contribution is 2.28. The van der Waals surface area contributed by atoms with Crippen LogP contribution >= 0.6 is 0 Å². The number of benzene rings is 1. The molecule has 2 rings (SSSR count). The van der Waals surface area contributed by atoms with Crippen molar-refractivity contribution in [3.63, 3.8) is 0 Å². The van der Waals surface area contributed by atoms with Crippen molar-refractivity contribution in [2.75, 3.05) is 7.05 Å². The lowest BCUT2D eigenvalue weighted by atomic mass is 9.91. The SMILES string of the molecule is CNC(c1ccoc1)c1c(C)cc(C)cc1C. The van der Waals surface area contributed by atoms with Crippen LogP contribution in [0.5, 0.6) is 0 Å². The van der Waals surface area contributed by atoms with Crippen molar-refractivity contribution < 1.29 is 4.42 Å². The molecule has 17 heavy (non-hydrogen) atoms. The Bertz CT molecular complexity index is 477. The lowest BCUT2D eigenvalue weighted by Gasteiger charge is -2.20. The highest BCUT2D eigenvalue weighted by molar-refractivity contribution is 5.43. The van der Waals surface area contributed by atoms with E-state index in [1.54, 1.807) is 12.5 Å². The number of hydrogen-bond acceptors (Lipinski definition) is 2. The Kier molecular flexibility index (Phi) is 3.34. The van der Waals surface area contributed by atoms with E-state index in [2.05, 4.69) is 38.2 Å². The molecule has 0 aliphatic rings. The standard InChI is InChI=1S/C15H19NO/c1-10-7-11(2)14(12(3)8-10)15(16-4)13-5-6-17-9-13/h5-9,15-16H,1-4H3. The van der Waals surface area contributed by atoms with E-state index in [9.17, 15) is 0 Å². The first kappa shape index (κ1) is 11.9. The smallest absolute Gasteiger partial charge is 0.0953 e. The van der Waals surface area contributed by atoms with Crippen LogP contribution in [0.4, 0.5) is 0 Å². The first-order valence-corrected chi connectivity index (χ1v) is 5.90. The third-order valence-electron chi connectivity index (χ3n) is 3.19. The minimum absolute atomic E-state index is 0.203. The van der Waals surface area contributed by atoms with Crippen molar-refractivity contribution in [2.24, 2.45) is 0 Å². The summed E-state index contributed by atoms with van der Waals surface area (Å²) in [6.07, 6.45) is 3.53. The third-order valence-corrected chi connectivity index (χ3v) is 3.19. The quantitative estimate of drug-likeness (QED) is 0.871. The second-order valence-corrected chi connectivity index (χ2v) is 4.59. The monoisotopic (exact) mass is 229 g/mol. The van der Waals surface area contributed by atoms with E-state index in [-0.39, 0.29) is 6.04 Å². The van der Waals surface area contributed by atoms with Gasteiger partial charge in [0.25, 0.3) is 0 Å². The molecule has 1 unspecified atom stereocenters. The number of rotatable bonds is 3. The second kappa shape index (κ2) is 4.76. The van der Waals surface area contributed by atoms with Gasteiger partial charge in [-0.2, -0.15) is 0 Å². The second-order valence-electron chi connectivity index (χ2n) is 4.59. The fourth-order valence-electron chi connectivity index (χ4n) is 2.56. The number of aryl methyl sites for hydroxylation is 3. The van der Waals surface area contributed by atoms with Crippen molar-refractivity contribution in [1.82, 2.24) is 5.32 Å². The molecule has 0 aliphatic carbocycles. The maximum Gasteiger partial charge on any atom is 0.0953 e. The molecule has 0 spiro atoms. The van der Waals surface area contributed by atoms with Gasteiger partial charge in [-0.15, -0.1) is 0 Å². The Balaban J connectivity index is 2.52. The maximum absolute atomic E-state index is 5.18. The first-order chi connectivity index (χ1) is 8.13. The fraction of sp³-hybridized carbons (Fsp3) is 0.333. The number of hydrogen-bond donors (Lipinski definition) is 1. The summed E-state index contributed by atoms with van der Waals surface area (Å²) in [7, 11) is 1.98. The van der Waals surface area contributed by atoms with Crippen LogP contribution in [0.15, 0.2) is 35.1 Å². The molecule has 90 valence electrons. The number of nitrogens with one attached hydrogen (secondary N) is 1. The van der Waals surface area contributed by atoms with Crippen LogP contribution in [0, 0.1) is 20.8 Å². The molecule has 1 aromatic heterocycles. The molecule has 1 aromatic carbocycles. The summed E-state index contributed by atoms with van der Waals surface area (Å²) < 4.78 is 5.18. The van der Waals surface area contributed by atoms with Gasteiger partial charge in [-0.3, -0.25) is 0 Å². The molecule has 0 aliphatic heterocycles. The normalized spacial score (nSPS) is 12.7. The molecule has 2 aromatic rings. The van der Waals surface area contributed by atoms with E-state index < -0.39 is 0 Å². The maximum atomic E-state index is 5.18. The minimum atomic E-state index is 0.203. The Morgan fingerprint density at radius 2 is 1.76 bits per heavy atom. The van der Waals surface area contributed by atoms with Gasteiger partial charge in [0.15, 0.2) is 0 Å². The Hall–Kier alpha value is -1.54. The van der Waals surface area contributed by atoms with Crippen LogP contribution in [0.1, 0.15) is 33.9 Å². The zero-order chi connectivity index (χ0) is 12.4. The molecule has 0 amide bonds. The van der Waals surface area contributed by atoms with Gasteiger partial charge in [-0.1, -0.05) is 17.7 Å². The van der Waals surface area contributed by atoms with Gasteiger partial charge in [-0.25, -0.2) is 0 Å². The predicted molar refractivity (Wildman–Crippen MR) is 70.3 cm³/mol. The molecule has 2 nitrogen and oxygen atoms in total. The molecule has 0 radical (unpaired) electrons. The van der Waals surface area contributed by atoms with Crippen molar-refractivity contribution in [2.45, 2.75) is 26.8 Å². The zero-order valence-electron chi connectivity index (χ0n) is 10.9. The largest absolute Gasteiger partial charge is 0.472 e. The molecule has 1 N–H and O–H groups in total. The molecule has 0 saturated carbocycles. The fourth-order valence-corrected chi connectivity index (χ4v) is 2.56. The van der Waals surface area contributed by atoms with Crippen LogP contribution < -0.4 is 5.32 Å². The molecule has 1 atom stereocenters. The van der Waals surface area contributed by atoms with Gasteiger partial charge in [-0.05, 0) is 50.6 Å². The van der Waals surface area contributed by atoms with E-state index in [1.165, 1.54) is 27.8 Å². The average molecular weight is 229 g/mol. The summed E-state index contributed by atoms with van der Waals surface area (Å²) >= 11 is 0. The molecule has 0 saturated heterocycles. The third kappa shape index (κ3) is 2.27.